The molecule has 0 aromatic heterocycles. The first-order valence-electron chi connectivity index (χ1n) is 4.77. The van der Waals surface area contributed by atoms with Gasteiger partial charge in [-0.2, -0.15) is 0 Å². The summed E-state index contributed by atoms with van der Waals surface area (Å²) in [6, 6.07) is 6.44. The number of carboxylic acid groups (broad SMARTS) is 1. The molecule has 84 valence electrons. The molecule has 5 heteroatoms. The van der Waals surface area contributed by atoms with Crippen molar-refractivity contribution >= 4 is 11.9 Å². The Morgan fingerprint density at radius 2 is 2.06 bits per heavy atom. The van der Waals surface area contributed by atoms with E-state index in [-0.39, 0.29) is 5.91 Å². The standard InChI is InChI=1S/C11H11NO4/c1-12-9(14)7-4-2-3-5-8(7)11(12,6-13)10(15)16/h2-5,13H,6H2,1H3,(H,15,16)/t11-/m1/s1. The number of carboxylic acids is 1. The zero-order chi connectivity index (χ0) is 11.9. The lowest BCUT2D eigenvalue weighted by Gasteiger charge is -2.30. The largest absolute Gasteiger partial charge is 0.479 e. The van der Waals surface area contributed by atoms with E-state index in [1.165, 1.54) is 7.05 Å². The molecular formula is C11H11NO4. The van der Waals surface area contributed by atoms with E-state index in [1.807, 2.05) is 0 Å². The van der Waals surface area contributed by atoms with E-state index in [2.05, 4.69) is 0 Å². The molecular weight excluding hydrogens is 210 g/mol. The average Bonchev–Trinajstić information content (AvgIpc) is 2.50. The summed E-state index contributed by atoms with van der Waals surface area (Å²) in [7, 11) is 1.38. The number of rotatable bonds is 2. The quantitative estimate of drug-likeness (QED) is 0.739. The zero-order valence-corrected chi connectivity index (χ0v) is 8.67. The van der Waals surface area contributed by atoms with Gasteiger partial charge >= 0.3 is 5.97 Å². The molecule has 0 bridgehead atoms. The Morgan fingerprint density at radius 1 is 1.44 bits per heavy atom. The molecule has 1 aromatic carbocycles. The molecule has 0 saturated heterocycles. The molecule has 0 unspecified atom stereocenters. The topological polar surface area (TPSA) is 77.8 Å². The third-order valence-electron chi connectivity index (χ3n) is 3.06. The number of benzene rings is 1. The number of amides is 1. The van der Waals surface area contributed by atoms with Crippen LogP contribution in [0.3, 0.4) is 0 Å². The van der Waals surface area contributed by atoms with Gasteiger partial charge in [0.05, 0.1) is 6.61 Å². The summed E-state index contributed by atoms with van der Waals surface area (Å²) in [4.78, 5) is 24.2. The fourth-order valence-electron chi connectivity index (χ4n) is 2.08. The van der Waals surface area contributed by atoms with Crippen LogP contribution in [0.1, 0.15) is 15.9 Å². The van der Waals surface area contributed by atoms with Gasteiger partial charge in [-0.3, -0.25) is 4.79 Å². The van der Waals surface area contributed by atoms with E-state index < -0.39 is 18.1 Å². The van der Waals surface area contributed by atoms with Crippen LogP contribution in [0, 0.1) is 0 Å². The summed E-state index contributed by atoms with van der Waals surface area (Å²) in [5.41, 5.74) is -0.966. The van der Waals surface area contributed by atoms with Crippen LogP contribution in [0.25, 0.3) is 0 Å². The molecule has 1 aromatic rings. The predicted molar refractivity (Wildman–Crippen MR) is 54.9 cm³/mol. The predicted octanol–water partition coefficient (Wildman–Crippen LogP) is 0.0444. The molecule has 1 atom stereocenters. The maximum Gasteiger partial charge on any atom is 0.336 e. The molecule has 1 heterocycles. The molecule has 1 aliphatic rings. The van der Waals surface area contributed by atoms with Gasteiger partial charge in [0, 0.05) is 18.2 Å². The summed E-state index contributed by atoms with van der Waals surface area (Å²) >= 11 is 0. The first-order valence-corrected chi connectivity index (χ1v) is 4.77. The summed E-state index contributed by atoms with van der Waals surface area (Å²) in [6.07, 6.45) is 0. The minimum absolute atomic E-state index is 0.335. The minimum Gasteiger partial charge on any atom is -0.479 e. The normalized spacial score (nSPS) is 23.4. The fraction of sp³-hybridized carbons (Fsp3) is 0.273. The molecule has 2 N–H and O–H groups in total. The number of aliphatic hydroxyl groups is 1. The maximum atomic E-state index is 11.8. The lowest BCUT2D eigenvalue weighted by atomic mass is 9.91. The first-order chi connectivity index (χ1) is 7.55. The number of hydrogen-bond acceptors (Lipinski definition) is 3. The van der Waals surface area contributed by atoms with Crippen LogP contribution in [0.4, 0.5) is 0 Å². The molecule has 0 fully saturated rings. The Morgan fingerprint density at radius 3 is 2.62 bits per heavy atom. The van der Waals surface area contributed by atoms with Crippen molar-refractivity contribution in [3.8, 4) is 0 Å². The van der Waals surface area contributed by atoms with Crippen molar-refractivity contribution in [3.63, 3.8) is 0 Å². The Labute approximate surface area is 91.9 Å². The number of carbonyl (C=O) groups is 2. The molecule has 0 spiro atoms. The van der Waals surface area contributed by atoms with Crippen LogP contribution in [-0.2, 0) is 10.3 Å². The molecule has 0 radical (unpaired) electrons. The highest BCUT2D eigenvalue weighted by molar-refractivity contribution is 6.05. The van der Waals surface area contributed by atoms with Crippen LogP contribution >= 0.6 is 0 Å². The zero-order valence-electron chi connectivity index (χ0n) is 8.67. The van der Waals surface area contributed by atoms with E-state index in [1.54, 1.807) is 24.3 Å². The van der Waals surface area contributed by atoms with Crippen molar-refractivity contribution in [3.05, 3.63) is 35.4 Å². The van der Waals surface area contributed by atoms with Gasteiger partial charge in [0.1, 0.15) is 0 Å². The Hall–Kier alpha value is -1.88. The van der Waals surface area contributed by atoms with Crippen molar-refractivity contribution in [2.24, 2.45) is 0 Å². The fourth-order valence-corrected chi connectivity index (χ4v) is 2.08. The van der Waals surface area contributed by atoms with Crippen LogP contribution in [0.15, 0.2) is 24.3 Å². The van der Waals surface area contributed by atoms with Crippen molar-refractivity contribution in [1.29, 1.82) is 0 Å². The van der Waals surface area contributed by atoms with Crippen LogP contribution in [-0.4, -0.2) is 40.6 Å². The van der Waals surface area contributed by atoms with Crippen LogP contribution in [0.5, 0.6) is 0 Å². The number of aliphatic hydroxyl groups excluding tert-OH is 1. The number of likely N-dealkylation sites (N-methyl/N-ethyl adjacent to an activating group) is 1. The third-order valence-corrected chi connectivity index (χ3v) is 3.06. The second-order valence-electron chi connectivity index (χ2n) is 3.73. The minimum atomic E-state index is -1.65. The SMILES string of the molecule is CN1C(=O)c2ccccc2[C@]1(CO)C(=O)O. The van der Waals surface area contributed by atoms with Crippen LogP contribution < -0.4 is 0 Å². The van der Waals surface area contributed by atoms with Gasteiger partial charge in [0.15, 0.2) is 5.54 Å². The Kier molecular flexibility index (Phi) is 2.20. The van der Waals surface area contributed by atoms with Gasteiger partial charge in [-0.05, 0) is 6.07 Å². The Bertz CT molecular complexity index is 471. The lowest BCUT2D eigenvalue weighted by Crippen LogP contribution is -2.50. The second-order valence-corrected chi connectivity index (χ2v) is 3.73. The highest BCUT2D eigenvalue weighted by Gasteiger charge is 2.53. The van der Waals surface area contributed by atoms with Crippen molar-refractivity contribution in [2.45, 2.75) is 5.54 Å². The number of hydrogen-bond donors (Lipinski definition) is 2. The van der Waals surface area contributed by atoms with Gasteiger partial charge in [0.25, 0.3) is 5.91 Å². The highest BCUT2D eigenvalue weighted by Crippen LogP contribution is 2.37. The van der Waals surface area contributed by atoms with E-state index in [4.69, 9.17) is 0 Å². The monoisotopic (exact) mass is 221 g/mol. The summed E-state index contributed by atoms with van der Waals surface area (Å²) < 4.78 is 0. The second kappa shape index (κ2) is 3.31. The third kappa shape index (κ3) is 1.03. The number of carbonyl (C=O) groups excluding carboxylic acids is 1. The van der Waals surface area contributed by atoms with Gasteiger partial charge in [-0.1, -0.05) is 18.2 Å². The molecule has 0 saturated carbocycles. The van der Waals surface area contributed by atoms with Crippen LogP contribution in [0.2, 0.25) is 0 Å². The molecule has 16 heavy (non-hydrogen) atoms. The summed E-state index contributed by atoms with van der Waals surface area (Å²) in [5, 5.41) is 18.6. The molecule has 5 nitrogen and oxygen atoms in total. The van der Waals surface area contributed by atoms with Crippen molar-refractivity contribution in [2.75, 3.05) is 13.7 Å². The van der Waals surface area contributed by atoms with E-state index in [0.29, 0.717) is 11.1 Å². The molecule has 0 aliphatic carbocycles. The van der Waals surface area contributed by atoms with Gasteiger partial charge < -0.3 is 15.1 Å². The van der Waals surface area contributed by atoms with Crippen molar-refractivity contribution < 1.29 is 19.8 Å². The first kappa shape index (κ1) is 10.6. The van der Waals surface area contributed by atoms with Gasteiger partial charge in [-0.15, -0.1) is 0 Å². The maximum absolute atomic E-state index is 11.8. The lowest BCUT2D eigenvalue weighted by molar-refractivity contribution is -0.151. The van der Waals surface area contributed by atoms with Gasteiger partial charge in [0.2, 0.25) is 0 Å². The number of fused-ring (bicyclic) bond motifs is 1. The highest BCUT2D eigenvalue weighted by atomic mass is 16.4. The molecule has 1 amide bonds. The van der Waals surface area contributed by atoms with E-state index in [9.17, 15) is 19.8 Å². The average molecular weight is 221 g/mol. The molecule has 1 aliphatic heterocycles. The van der Waals surface area contributed by atoms with Gasteiger partial charge in [-0.25, -0.2) is 4.79 Å². The van der Waals surface area contributed by atoms with E-state index in [0.717, 1.165) is 4.90 Å². The molecule has 2 rings (SSSR count). The summed E-state index contributed by atoms with van der Waals surface area (Å²) in [6.45, 7) is -0.637. The summed E-state index contributed by atoms with van der Waals surface area (Å²) in [5.74, 6) is -1.61. The number of nitrogens with zero attached hydrogens (tertiary/aromatic N) is 1. The smallest absolute Gasteiger partial charge is 0.336 e. The number of aliphatic carboxylic acids is 1. The Balaban J connectivity index is 2.73. The van der Waals surface area contributed by atoms with Crippen molar-refractivity contribution in [1.82, 2.24) is 4.90 Å². The van der Waals surface area contributed by atoms with E-state index >= 15 is 0 Å².